The van der Waals surface area contributed by atoms with Crippen molar-refractivity contribution in [2.45, 2.75) is 62.9 Å². The summed E-state index contributed by atoms with van der Waals surface area (Å²) in [5.74, 6) is 0. The van der Waals surface area contributed by atoms with Gasteiger partial charge in [0.1, 0.15) is 36.7 Å². The second kappa shape index (κ2) is 7.70. The van der Waals surface area contributed by atoms with Crippen LogP contribution in [0.2, 0.25) is 0 Å². The molecule has 1 unspecified atom stereocenters. The topological polar surface area (TPSA) is 129 Å². The fourth-order valence-electron chi connectivity index (χ4n) is 3.41. The third kappa shape index (κ3) is 3.93. The van der Waals surface area contributed by atoms with Crippen molar-refractivity contribution in [3.05, 3.63) is 35.9 Å². The number of benzene rings is 1. The first kappa shape index (κ1) is 20.0. The summed E-state index contributed by atoms with van der Waals surface area (Å²) >= 11 is 0. The number of nitrogens with zero attached hydrogens (tertiary/aromatic N) is 1. The van der Waals surface area contributed by atoms with E-state index in [-0.39, 0.29) is 13.2 Å². The first-order valence-corrected chi connectivity index (χ1v) is 8.74. The van der Waals surface area contributed by atoms with Gasteiger partial charge in [0.15, 0.2) is 6.29 Å². The second-order valence-electron chi connectivity index (χ2n) is 7.20. The van der Waals surface area contributed by atoms with E-state index in [1.807, 2.05) is 30.3 Å². The van der Waals surface area contributed by atoms with Gasteiger partial charge in [0, 0.05) is 0 Å². The summed E-state index contributed by atoms with van der Waals surface area (Å²) in [5, 5.41) is 39.8. The molecule has 1 aromatic rings. The quantitative estimate of drug-likeness (QED) is 0.551. The zero-order chi connectivity index (χ0) is 19.8. The van der Waals surface area contributed by atoms with Crippen LogP contribution in [0, 0.1) is 0 Å². The smallest absolute Gasteiger partial charge is 0.412 e. The Labute approximate surface area is 156 Å². The van der Waals surface area contributed by atoms with Gasteiger partial charge >= 0.3 is 6.09 Å². The Kier molecular flexibility index (Phi) is 5.71. The van der Waals surface area contributed by atoms with Crippen LogP contribution in [0.15, 0.2) is 30.3 Å². The Morgan fingerprint density at radius 1 is 1.26 bits per heavy atom. The monoisotopic (exact) mass is 383 g/mol. The number of carbonyl (C=O) groups is 1. The first-order chi connectivity index (χ1) is 12.7. The van der Waals surface area contributed by atoms with E-state index in [0.717, 1.165) is 5.56 Å². The van der Waals surface area contributed by atoms with Gasteiger partial charge in [0.05, 0.1) is 12.6 Å². The van der Waals surface area contributed by atoms with E-state index in [9.17, 15) is 25.2 Å². The molecular weight excluding hydrogens is 358 g/mol. The number of hydrogen-bond donors (Lipinski definition) is 4. The fourth-order valence-corrected chi connectivity index (χ4v) is 3.41. The van der Waals surface area contributed by atoms with Crippen molar-refractivity contribution >= 4 is 6.09 Å². The van der Waals surface area contributed by atoms with Crippen LogP contribution in [0.5, 0.6) is 0 Å². The van der Waals surface area contributed by atoms with Gasteiger partial charge < -0.3 is 34.6 Å². The molecule has 2 saturated heterocycles. The van der Waals surface area contributed by atoms with Crippen molar-refractivity contribution in [3.8, 4) is 0 Å². The van der Waals surface area contributed by atoms with Gasteiger partial charge in [-0.15, -0.1) is 0 Å². The summed E-state index contributed by atoms with van der Waals surface area (Å²) in [5.41, 5.74) is -0.248. The Morgan fingerprint density at radius 2 is 1.93 bits per heavy atom. The van der Waals surface area contributed by atoms with Crippen molar-refractivity contribution in [1.29, 1.82) is 0 Å². The molecule has 2 heterocycles. The highest BCUT2D eigenvalue weighted by Gasteiger charge is 2.54. The van der Waals surface area contributed by atoms with Crippen LogP contribution < -0.4 is 0 Å². The number of aliphatic hydroxyl groups excluding tert-OH is 4. The molecule has 9 nitrogen and oxygen atoms in total. The van der Waals surface area contributed by atoms with E-state index >= 15 is 0 Å². The van der Waals surface area contributed by atoms with Crippen molar-refractivity contribution in [2.24, 2.45) is 0 Å². The molecule has 0 aromatic heterocycles. The zero-order valence-corrected chi connectivity index (χ0v) is 15.1. The van der Waals surface area contributed by atoms with Crippen LogP contribution in [0.25, 0.3) is 0 Å². The number of rotatable bonds is 4. The first-order valence-electron chi connectivity index (χ1n) is 8.74. The molecule has 0 bridgehead atoms. The standard InChI is InChI=1S/C18H25NO8/c1-18(2)19(17(24)25-8-10-6-4-3-5-7-10)11(9-26-18)12(20)15-13(21)14(22)16(23)27-15/h3-7,11-16,20-23H,8-9H2,1-2H3/t11-,12+,13+,14+,15-,16?/m0/s1. The Balaban J connectivity index is 1.72. The van der Waals surface area contributed by atoms with Crippen LogP contribution in [-0.2, 0) is 20.8 Å². The number of carbonyl (C=O) groups excluding carboxylic acids is 1. The van der Waals surface area contributed by atoms with Gasteiger partial charge in [0.2, 0.25) is 0 Å². The predicted octanol–water partition coefficient (Wildman–Crippen LogP) is -0.440. The Morgan fingerprint density at radius 3 is 2.52 bits per heavy atom. The summed E-state index contributed by atoms with van der Waals surface area (Å²) in [6, 6.07) is 8.25. The van der Waals surface area contributed by atoms with Crippen molar-refractivity contribution in [1.82, 2.24) is 4.90 Å². The molecule has 2 aliphatic heterocycles. The molecule has 4 N–H and O–H groups in total. The van der Waals surface area contributed by atoms with Crippen LogP contribution in [-0.4, -0.2) is 80.5 Å². The maximum absolute atomic E-state index is 12.7. The fraction of sp³-hybridized carbons (Fsp3) is 0.611. The van der Waals surface area contributed by atoms with E-state index in [0.29, 0.717) is 0 Å². The third-order valence-electron chi connectivity index (χ3n) is 4.93. The summed E-state index contributed by atoms with van der Waals surface area (Å²) in [6.07, 6.45) is -8.04. The largest absolute Gasteiger partial charge is 0.444 e. The van der Waals surface area contributed by atoms with Gasteiger partial charge in [-0.25, -0.2) is 4.79 Å². The number of amides is 1. The van der Waals surface area contributed by atoms with Crippen LogP contribution in [0.1, 0.15) is 19.4 Å². The summed E-state index contributed by atoms with van der Waals surface area (Å²) in [4.78, 5) is 13.9. The number of hydrogen-bond acceptors (Lipinski definition) is 8. The highest BCUT2D eigenvalue weighted by molar-refractivity contribution is 5.69. The summed E-state index contributed by atoms with van der Waals surface area (Å²) in [6.45, 7) is 3.33. The molecule has 1 aromatic carbocycles. The van der Waals surface area contributed by atoms with Crippen molar-refractivity contribution in [2.75, 3.05) is 6.61 Å². The molecule has 0 aliphatic carbocycles. The molecule has 9 heteroatoms. The van der Waals surface area contributed by atoms with Gasteiger partial charge in [-0.1, -0.05) is 30.3 Å². The molecule has 1 amide bonds. The van der Waals surface area contributed by atoms with E-state index < -0.39 is 48.6 Å². The van der Waals surface area contributed by atoms with E-state index in [1.165, 1.54) is 4.90 Å². The van der Waals surface area contributed by atoms with E-state index in [4.69, 9.17) is 14.2 Å². The van der Waals surface area contributed by atoms with Crippen LogP contribution in [0.4, 0.5) is 4.79 Å². The molecule has 6 atom stereocenters. The Bertz CT molecular complexity index is 654. The van der Waals surface area contributed by atoms with Crippen molar-refractivity contribution in [3.63, 3.8) is 0 Å². The van der Waals surface area contributed by atoms with E-state index in [1.54, 1.807) is 13.8 Å². The lowest BCUT2D eigenvalue weighted by molar-refractivity contribution is -0.153. The van der Waals surface area contributed by atoms with Gasteiger partial charge in [0.25, 0.3) is 0 Å². The minimum Gasteiger partial charge on any atom is -0.444 e. The lowest BCUT2D eigenvalue weighted by atomic mass is 9.99. The van der Waals surface area contributed by atoms with Crippen LogP contribution >= 0.6 is 0 Å². The maximum Gasteiger partial charge on any atom is 0.412 e. The highest BCUT2D eigenvalue weighted by atomic mass is 16.7. The Hall–Kier alpha value is -1.75. The van der Waals surface area contributed by atoms with Crippen molar-refractivity contribution < 1.29 is 39.4 Å². The average Bonchev–Trinajstić information content (AvgIpc) is 3.10. The zero-order valence-electron chi connectivity index (χ0n) is 15.1. The second-order valence-corrected chi connectivity index (χ2v) is 7.20. The van der Waals surface area contributed by atoms with E-state index in [2.05, 4.69) is 0 Å². The SMILES string of the molecule is CC1(C)OC[C@@H]([C@@H](O)[C@@H]2OC(O)[C@H](O)[C@H]2O)N1C(=O)OCc1ccccc1. The molecule has 0 spiro atoms. The average molecular weight is 383 g/mol. The number of ether oxygens (including phenoxy) is 3. The summed E-state index contributed by atoms with van der Waals surface area (Å²) in [7, 11) is 0. The molecule has 150 valence electrons. The minimum atomic E-state index is -1.62. The lowest BCUT2D eigenvalue weighted by Crippen LogP contribution is -2.56. The van der Waals surface area contributed by atoms with Crippen LogP contribution in [0.3, 0.4) is 0 Å². The predicted molar refractivity (Wildman–Crippen MR) is 91.2 cm³/mol. The van der Waals surface area contributed by atoms with Gasteiger partial charge in [-0.05, 0) is 19.4 Å². The molecule has 0 saturated carbocycles. The molecule has 27 heavy (non-hydrogen) atoms. The molecular formula is C18H25NO8. The minimum absolute atomic E-state index is 0.0205. The lowest BCUT2D eigenvalue weighted by Gasteiger charge is -2.36. The maximum atomic E-state index is 12.7. The third-order valence-corrected chi connectivity index (χ3v) is 4.93. The summed E-state index contributed by atoms with van der Waals surface area (Å²) < 4.78 is 16.0. The highest BCUT2D eigenvalue weighted by Crippen LogP contribution is 2.33. The molecule has 2 fully saturated rings. The van der Waals surface area contributed by atoms with Gasteiger partial charge in [-0.3, -0.25) is 4.90 Å². The molecule has 3 rings (SSSR count). The normalized spacial score (nSPS) is 33.9. The molecule has 0 radical (unpaired) electrons. The molecule has 2 aliphatic rings. The number of aliphatic hydroxyl groups is 4. The van der Waals surface area contributed by atoms with Gasteiger partial charge in [-0.2, -0.15) is 0 Å².